The highest BCUT2D eigenvalue weighted by Gasteiger charge is 2.22. The Labute approximate surface area is 116 Å². The fourth-order valence-electron chi connectivity index (χ4n) is 2.36. The van der Waals surface area contributed by atoms with E-state index in [1.54, 1.807) is 7.11 Å². The molecule has 0 saturated carbocycles. The lowest BCUT2D eigenvalue weighted by molar-refractivity contribution is -0.119. The van der Waals surface area contributed by atoms with Gasteiger partial charge in [-0.15, -0.1) is 0 Å². The summed E-state index contributed by atoms with van der Waals surface area (Å²) in [6.07, 6.45) is 0.885. The van der Waals surface area contributed by atoms with E-state index in [0.717, 1.165) is 30.7 Å². The Morgan fingerprint density at radius 2 is 2.50 bits per heavy atom. The van der Waals surface area contributed by atoms with E-state index in [1.807, 2.05) is 18.2 Å². The average Bonchev–Trinajstić information content (AvgIpc) is 3.07. The van der Waals surface area contributed by atoms with Crippen LogP contribution >= 0.6 is 0 Å². The number of hydrogen-bond acceptors (Lipinski definition) is 5. The van der Waals surface area contributed by atoms with Gasteiger partial charge in [-0.05, 0) is 31.2 Å². The van der Waals surface area contributed by atoms with E-state index in [9.17, 15) is 4.79 Å². The first kappa shape index (κ1) is 13.1. The Kier molecular flexibility index (Phi) is 3.66. The molecule has 106 valence electrons. The molecule has 20 heavy (non-hydrogen) atoms. The summed E-state index contributed by atoms with van der Waals surface area (Å²) in [6, 6.07) is 5.45. The number of aromatic nitrogens is 1. The maximum absolute atomic E-state index is 12.0. The van der Waals surface area contributed by atoms with Crippen molar-refractivity contribution in [2.24, 2.45) is 5.92 Å². The van der Waals surface area contributed by atoms with E-state index in [-0.39, 0.29) is 11.8 Å². The second-order valence-corrected chi connectivity index (χ2v) is 4.90. The van der Waals surface area contributed by atoms with E-state index < -0.39 is 0 Å². The third-order valence-electron chi connectivity index (χ3n) is 3.40. The van der Waals surface area contributed by atoms with Gasteiger partial charge in [-0.25, -0.2) is 4.98 Å². The van der Waals surface area contributed by atoms with Gasteiger partial charge in [0.05, 0.1) is 5.92 Å². The molecule has 1 fully saturated rings. The summed E-state index contributed by atoms with van der Waals surface area (Å²) >= 11 is 0. The number of anilines is 1. The van der Waals surface area contributed by atoms with Gasteiger partial charge in [-0.1, -0.05) is 0 Å². The van der Waals surface area contributed by atoms with Crippen molar-refractivity contribution in [3.63, 3.8) is 0 Å². The van der Waals surface area contributed by atoms with Gasteiger partial charge >= 0.3 is 0 Å². The molecule has 1 unspecified atom stereocenters. The maximum Gasteiger partial charge on any atom is 0.228 e. The van der Waals surface area contributed by atoms with Gasteiger partial charge < -0.3 is 19.8 Å². The molecule has 1 aromatic carbocycles. The highest BCUT2D eigenvalue weighted by atomic mass is 16.5. The first-order valence-corrected chi connectivity index (χ1v) is 6.66. The van der Waals surface area contributed by atoms with Crippen LogP contribution < -0.4 is 10.6 Å². The number of rotatable bonds is 4. The smallest absolute Gasteiger partial charge is 0.228 e. The zero-order valence-corrected chi connectivity index (χ0v) is 11.3. The first-order chi connectivity index (χ1) is 9.76. The van der Waals surface area contributed by atoms with Crippen molar-refractivity contribution < 1.29 is 13.9 Å². The summed E-state index contributed by atoms with van der Waals surface area (Å²) in [5, 5.41) is 6.11. The molecule has 6 heteroatoms. The van der Waals surface area contributed by atoms with Crippen LogP contribution in [0.4, 0.5) is 5.69 Å². The number of amides is 1. The summed E-state index contributed by atoms with van der Waals surface area (Å²) in [7, 11) is 1.59. The van der Waals surface area contributed by atoms with Crippen LogP contribution in [0, 0.1) is 5.92 Å². The minimum atomic E-state index is 0.0482. The molecule has 1 saturated heterocycles. The van der Waals surface area contributed by atoms with Crippen molar-refractivity contribution in [2.75, 3.05) is 25.5 Å². The molecule has 1 amide bonds. The van der Waals surface area contributed by atoms with Gasteiger partial charge in [0.2, 0.25) is 11.8 Å². The average molecular weight is 275 g/mol. The fourth-order valence-corrected chi connectivity index (χ4v) is 2.36. The molecule has 3 rings (SSSR count). The second kappa shape index (κ2) is 5.60. The normalized spacial score (nSPS) is 18.6. The van der Waals surface area contributed by atoms with Crippen LogP contribution in [-0.2, 0) is 16.1 Å². The summed E-state index contributed by atoms with van der Waals surface area (Å²) in [5.41, 5.74) is 2.16. The molecule has 1 aromatic heterocycles. The van der Waals surface area contributed by atoms with Crippen LogP contribution in [0.25, 0.3) is 11.1 Å². The van der Waals surface area contributed by atoms with Gasteiger partial charge in [0.15, 0.2) is 5.58 Å². The molecular formula is C14H17N3O3. The largest absolute Gasteiger partial charge is 0.438 e. The Morgan fingerprint density at radius 3 is 3.25 bits per heavy atom. The highest BCUT2D eigenvalue weighted by Crippen LogP contribution is 2.21. The van der Waals surface area contributed by atoms with Gasteiger partial charge in [-0.2, -0.15) is 0 Å². The van der Waals surface area contributed by atoms with Gasteiger partial charge in [0.25, 0.3) is 0 Å². The first-order valence-electron chi connectivity index (χ1n) is 6.66. The van der Waals surface area contributed by atoms with E-state index in [2.05, 4.69) is 15.6 Å². The lowest BCUT2D eigenvalue weighted by Gasteiger charge is -2.09. The van der Waals surface area contributed by atoms with E-state index in [0.29, 0.717) is 18.1 Å². The van der Waals surface area contributed by atoms with Crippen molar-refractivity contribution in [3.8, 4) is 0 Å². The Bertz CT molecular complexity index is 617. The van der Waals surface area contributed by atoms with Gasteiger partial charge in [0, 0.05) is 19.3 Å². The lowest BCUT2D eigenvalue weighted by Crippen LogP contribution is -2.24. The van der Waals surface area contributed by atoms with E-state index in [4.69, 9.17) is 9.15 Å². The minimum absolute atomic E-state index is 0.0482. The number of benzene rings is 1. The zero-order chi connectivity index (χ0) is 13.9. The molecule has 1 aliphatic rings. The summed E-state index contributed by atoms with van der Waals surface area (Å²) < 4.78 is 10.5. The quantitative estimate of drug-likeness (QED) is 0.884. The number of fused-ring (bicyclic) bond motifs is 1. The van der Waals surface area contributed by atoms with Crippen molar-refractivity contribution in [3.05, 3.63) is 24.1 Å². The number of methoxy groups -OCH3 is 1. The number of carbonyl (C=O) groups is 1. The van der Waals surface area contributed by atoms with Crippen LogP contribution in [-0.4, -0.2) is 31.1 Å². The molecule has 0 aliphatic carbocycles. The topological polar surface area (TPSA) is 76.4 Å². The number of nitrogens with zero attached hydrogens (tertiary/aromatic N) is 1. The molecule has 1 atom stereocenters. The Balaban J connectivity index is 1.76. The molecule has 1 aliphatic heterocycles. The SMILES string of the molecule is COCc1nc2cc(NC(=O)C3CCNC3)ccc2o1. The monoisotopic (exact) mass is 275 g/mol. The fraction of sp³-hybridized carbons (Fsp3) is 0.429. The third kappa shape index (κ3) is 2.66. The van der Waals surface area contributed by atoms with E-state index in [1.165, 1.54) is 0 Å². The predicted octanol–water partition coefficient (Wildman–Crippen LogP) is 1.52. The molecular weight excluding hydrogens is 258 g/mol. The maximum atomic E-state index is 12.0. The molecule has 0 spiro atoms. The van der Waals surface area contributed by atoms with E-state index >= 15 is 0 Å². The van der Waals surface area contributed by atoms with Crippen molar-refractivity contribution >= 4 is 22.7 Å². The van der Waals surface area contributed by atoms with Crippen LogP contribution in [0.5, 0.6) is 0 Å². The van der Waals surface area contributed by atoms with Crippen LogP contribution in [0.2, 0.25) is 0 Å². The summed E-state index contributed by atoms with van der Waals surface area (Å²) in [6.45, 7) is 1.99. The highest BCUT2D eigenvalue weighted by molar-refractivity contribution is 5.94. The third-order valence-corrected chi connectivity index (χ3v) is 3.40. The second-order valence-electron chi connectivity index (χ2n) is 4.90. The predicted molar refractivity (Wildman–Crippen MR) is 74.3 cm³/mol. The summed E-state index contributed by atoms with van der Waals surface area (Å²) in [5.74, 6) is 0.632. The molecule has 2 N–H and O–H groups in total. The number of nitrogens with one attached hydrogen (secondary N) is 2. The standard InChI is InChI=1S/C14H17N3O3/c1-19-8-13-17-11-6-10(2-3-12(11)20-13)16-14(18)9-4-5-15-7-9/h2-3,6,9,15H,4-5,7-8H2,1H3,(H,16,18). The van der Waals surface area contributed by atoms with Crippen LogP contribution in [0.3, 0.4) is 0 Å². The van der Waals surface area contributed by atoms with Crippen molar-refractivity contribution in [1.29, 1.82) is 0 Å². The number of hydrogen-bond donors (Lipinski definition) is 2. The van der Waals surface area contributed by atoms with Gasteiger partial charge in [0.1, 0.15) is 12.1 Å². The number of oxazole rings is 1. The zero-order valence-electron chi connectivity index (χ0n) is 11.3. The number of carbonyl (C=O) groups excluding carboxylic acids is 1. The minimum Gasteiger partial charge on any atom is -0.438 e. The van der Waals surface area contributed by atoms with Crippen LogP contribution in [0.1, 0.15) is 12.3 Å². The summed E-state index contributed by atoms with van der Waals surface area (Å²) in [4.78, 5) is 16.4. The lowest BCUT2D eigenvalue weighted by atomic mass is 10.1. The Hall–Kier alpha value is -1.92. The molecule has 0 radical (unpaired) electrons. The van der Waals surface area contributed by atoms with Crippen molar-refractivity contribution in [1.82, 2.24) is 10.3 Å². The molecule has 6 nitrogen and oxygen atoms in total. The Morgan fingerprint density at radius 1 is 1.60 bits per heavy atom. The molecule has 2 aromatic rings. The number of ether oxygens (including phenoxy) is 1. The van der Waals surface area contributed by atoms with Gasteiger partial charge in [-0.3, -0.25) is 4.79 Å². The van der Waals surface area contributed by atoms with Crippen LogP contribution in [0.15, 0.2) is 22.6 Å². The molecule has 0 bridgehead atoms. The molecule has 2 heterocycles. The van der Waals surface area contributed by atoms with Crippen molar-refractivity contribution in [2.45, 2.75) is 13.0 Å².